The predicted molar refractivity (Wildman–Crippen MR) is 67.8 cm³/mol. The van der Waals surface area contributed by atoms with E-state index in [9.17, 15) is 8.78 Å². The molecule has 17 heavy (non-hydrogen) atoms. The third-order valence-corrected chi connectivity index (χ3v) is 2.91. The Labute approximate surface area is 106 Å². The Balaban J connectivity index is 2.45. The van der Waals surface area contributed by atoms with E-state index in [0.717, 1.165) is 12.8 Å². The van der Waals surface area contributed by atoms with E-state index in [2.05, 4.69) is 5.32 Å². The summed E-state index contributed by atoms with van der Waals surface area (Å²) in [6.07, 6.45) is 1.65. The van der Waals surface area contributed by atoms with Gasteiger partial charge in [-0.1, -0.05) is 30.3 Å². The molecule has 1 atom stereocenters. The van der Waals surface area contributed by atoms with Crippen molar-refractivity contribution in [2.75, 3.05) is 12.4 Å². The summed E-state index contributed by atoms with van der Waals surface area (Å²) >= 11 is 5.56. The summed E-state index contributed by atoms with van der Waals surface area (Å²) in [5.74, 6) is -2.25. The highest BCUT2D eigenvalue weighted by molar-refractivity contribution is 6.17. The van der Waals surface area contributed by atoms with Crippen LogP contribution in [0.25, 0.3) is 0 Å². The lowest BCUT2D eigenvalue weighted by Crippen LogP contribution is -2.36. The molecule has 1 N–H and O–H groups in total. The van der Waals surface area contributed by atoms with Crippen LogP contribution in [0.3, 0.4) is 0 Å². The zero-order chi connectivity index (χ0) is 12.7. The van der Waals surface area contributed by atoms with Crippen molar-refractivity contribution >= 4 is 11.6 Å². The Kier molecular flexibility index (Phi) is 5.86. The molecular weight excluding hydrogens is 244 g/mol. The van der Waals surface area contributed by atoms with Gasteiger partial charge in [-0.3, -0.25) is 0 Å². The van der Waals surface area contributed by atoms with E-state index in [1.54, 1.807) is 18.2 Å². The molecule has 0 aliphatic rings. The molecule has 1 aromatic rings. The molecule has 0 amide bonds. The van der Waals surface area contributed by atoms with Crippen molar-refractivity contribution in [3.63, 3.8) is 0 Å². The Hall–Kier alpha value is -0.670. The highest BCUT2D eigenvalue weighted by Crippen LogP contribution is 2.26. The zero-order valence-electron chi connectivity index (χ0n) is 9.93. The van der Waals surface area contributed by atoms with Gasteiger partial charge in [0.2, 0.25) is 0 Å². The number of hydrogen-bond donors (Lipinski definition) is 1. The number of halogens is 3. The molecule has 1 unspecified atom stereocenters. The summed E-state index contributed by atoms with van der Waals surface area (Å²) < 4.78 is 27.5. The van der Waals surface area contributed by atoms with Crippen molar-refractivity contribution in [3.05, 3.63) is 35.9 Å². The van der Waals surface area contributed by atoms with E-state index in [0.29, 0.717) is 5.88 Å². The molecule has 96 valence electrons. The van der Waals surface area contributed by atoms with E-state index < -0.39 is 5.92 Å². The van der Waals surface area contributed by atoms with Gasteiger partial charge in [0, 0.05) is 17.5 Å². The zero-order valence-corrected chi connectivity index (χ0v) is 10.7. The van der Waals surface area contributed by atoms with Crippen LogP contribution in [0.2, 0.25) is 0 Å². The quantitative estimate of drug-likeness (QED) is 0.737. The molecule has 0 fully saturated rings. The van der Waals surface area contributed by atoms with Crippen molar-refractivity contribution in [2.24, 2.45) is 0 Å². The molecule has 0 saturated carbocycles. The van der Waals surface area contributed by atoms with Crippen LogP contribution in [-0.4, -0.2) is 18.5 Å². The predicted octanol–water partition coefficient (Wildman–Crippen LogP) is 3.78. The minimum Gasteiger partial charge on any atom is -0.308 e. The Morgan fingerprint density at radius 1 is 1.29 bits per heavy atom. The average molecular weight is 262 g/mol. The molecule has 1 rings (SSSR count). The Morgan fingerprint density at radius 2 is 1.94 bits per heavy atom. The summed E-state index contributed by atoms with van der Waals surface area (Å²) in [7, 11) is 0. The van der Waals surface area contributed by atoms with Crippen LogP contribution in [0, 0.1) is 0 Å². The molecular formula is C13H18ClF2N. The van der Waals surface area contributed by atoms with Gasteiger partial charge in [-0.25, -0.2) is 0 Å². The number of alkyl halides is 3. The maximum atomic E-state index is 13.7. The van der Waals surface area contributed by atoms with Crippen molar-refractivity contribution in [3.8, 4) is 0 Å². The van der Waals surface area contributed by atoms with Crippen LogP contribution in [-0.2, 0) is 5.92 Å². The molecule has 0 saturated heterocycles. The minimum atomic E-state index is -2.82. The van der Waals surface area contributed by atoms with Gasteiger partial charge in [-0.15, -0.1) is 11.6 Å². The number of hydrogen-bond acceptors (Lipinski definition) is 1. The molecule has 0 aromatic heterocycles. The molecule has 0 aliphatic carbocycles. The lowest BCUT2D eigenvalue weighted by molar-refractivity contribution is -0.00549. The number of rotatable bonds is 7. The summed E-state index contributed by atoms with van der Waals surface area (Å²) in [5, 5.41) is 2.85. The van der Waals surface area contributed by atoms with E-state index in [-0.39, 0.29) is 18.2 Å². The largest absolute Gasteiger partial charge is 0.308 e. The number of benzene rings is 1. The Morgan fingerprint density at radius 3 is 2.53 bits per heavy atom. The third-order valence-electron chi connectivity index (χ3n) is 2.64. The summed E-state index contributed by atoms with van der Waals surface area (Å²) in [5.41, 5.74) is 0.0528. The maximum Gasteiger partial charge on any atom is 0.285 e. The van der Waals surface area contributed by atoms with Crippen LogP contribution in [0.1, 0.15) is 25.3 Å². The van der Waals surface area contributed by atoms with Crippen LogP contribution in [0.4, 0.5) is 8.78 Å². The lowest BCUT2D eigenvalue weighted by Gasteiger charge is -2.20. The van der Waals surface area contributed by atoms with Crippen LogP contribution < -0.4 is 5.32 Å². The van der Waals surface area contributed by atoms with E-state index >= 15 is 0 Å². The van der Waals surface area contributed by atoms with Gasteiger partial charge in [0.1, 0.15) is 0 Å². The van der Waals surface area contributed by atoms with Gasteiger partial charge < -0.3 is 5.32 Å². The third kappa shape index (κ3) is 5.00. The molecule has 0 spiro atoms. The normalized spacial score (nSPS) is 13.6. The molecule has 1 nitrogen and oxygen atoms in total. The van der Waals surface area contributed by atoms with Gasteiger partial charge in [-0.05, 0) is 19.8 Å². The van der Waals surface area contributed by atoms with Crippen molar-refractivity contribution < 1.29 is 8.78 Å². The first-order valence-electron chi connectivity index (χ1n) is 5.79. The average Bonchev–Trinajstić information content (AvgIpc) is 2.35. The van der Waals surface area contributed by atoms with Gasteiger partial charge in [0.05, 0.1) is 6.54 Å². The van der Waals surface area contributed by atoms with Gasteiger partial charge in [-0.2, -0.15) is 8.78 Å². The van der Waals surface area contributed by atoms with Crippen molar-refractivity contribution in [2.45, 2.75) is 31.7 Å². The topological polar surface area (TPSA) is 12.0 Å². The van der Waals surface area contributed by atoms with Gasteiger partial charge in [0.15, 0.2) is 0 Å². The maximum absolute atomic E-state index is 13.7. The van der Waals surface area contributed by atoms with Crippen molar-refractivity contribution in [1.29, 1.82) is 0 Å². The first-order valence-corrected chi connectivity index (χ1v) is 6.32. The van der Waals surface area contributed by atoms with Crippen LogP contribution in [0.5, 0.6) is 0 Å². The number of nitrogens with one attached hydrogen (secondary N) is 1. The van der Waals surface area contributed by atoms with Gasteiger partial charge in [0.25, 0.3) is 5.92 Å². The highest BCUT2D eigenvalue weighted by atomic mass is 35.5. The minimum absolute atomic E-state index is 0.0528. The molecule has 0 radical (unpaired) electrons. The van der Waals surface area contributed by atoms with Crippen molar-refractivity contribution in [1.82, 2.24) is 5.32 Å². The first kappa shape index (κ1) is 14.4. The van der Waals surface area contributed by atoms with E-state index in [4.69, 9.17) is 11.6 Å². The molecule has 0 bridgehead atoms. The Bertz CT molecular complexity index is 316. The second-order valence-electron chi connectivity index (χ2n) is 4.18. The summed E-state index contributed by atoms with van der Waals surface area (Å²) in [6.45, 7) is 1.56. The fourth-order valence-corrected chi connectivity index (χ4v) is 1.73. The molecule has 0 heterocycles. The lowest BCUT2D eigenvalue weighted by atomic mass is 10.1. The standard InChI is InChI=1S/C13H18ClF2N/c1-11(6-5-9-14)17-10-13(15,16)12-7-3-2-4-8-12/h2-4,7-8,11,17H,5-6,9-10H2,1H3. The fourth-order valence-electron chi connectivity index (χ4n) is 1.57. The van der Waals surface area contributed by atoms with E-state index in [1.165, 1.54) is 12.1 Å². The summed E-state index contributed by atoms with van der Waals surface area (Å²) in [6, 6.07) is 7.94. The fraction of sp³-hybridized carbons (Fsp3) is 0.538. The molecule has 0 aliphatic heterocycles. The SMILES string of the molecule is CC(CCCCl)NCC(F)(F)c1ccccc1. The monoisotopic (exact) mass is 261 g/mol. The second kappa shape index (κ2) is 6.92. The highest BCUT2D eigenvalue weighted by Gasteiger charge is 2.31. The first-order chi connectivity index (χ1) is 8.06. The molecule has 4 heteroatoms. The molecule has 1 aromatic carbocycles. The smallest absolute Gasteiger partial charge is 0.285 e. The van der Waals surface area contributed by atoms with Crippen LogP contribution in [0.15, 0.2) is 30.3 Å². The van der Waals surface area contributed by atoms with E-state index in [1.807, 2.05) is 6.92 Å². The second-order valence-corrected chi connectivity index (χ2v) is 4.56. The van der Waals surface area contributed by atoms with Crippen LogP contribution >= 0.6 is 11.6 Å². The summed E-state index contributed by atoms with van der Waals surface area (Å²) in [4.78, 5) is 0. The van der Waals surface area contributed by atoms with Gasteiger partial charge >= 0.3 is 0 Å².